The fraction of sp³-hybridized carbons (Fsp3) is 0.400. The molecule has 0 aliphatic heterocycles. The molecule has 0 aromatic heterocycles. The zero-order valence-electron chi connectivity index (χ0n) is 7.13. The van der Waals surface area contributed by atoms with Crippen LogP contribution >= 0.6 is 11.6 Å². The van der Waals surface area contributed by atoms with Gasteiger partial charge in [-0.25, -0.2) is 4.39 Å². The average molecular weight is 200 g/mol. The van der Waals surface area contributed by atoms with E-state index in [-0.39, 0.29) is 10.8 Å². The van der Waals surface area contributed by atoms with Crippen LogP contribution in [0.25, 0.3) is 0 Å². The fourth-order valence-electron chi connectivity index (χ4n) is 1.70. The van der Waals surface area contributed by atoms with Crippen LogP contribution in [-0.4, -0.2) is 6.04 Å². The van der Waals surface area contributed by atoms with E-state index in [9.17, 15) is 4.39 Å². The Kier molecular flexibility index (Phi) is 2.26. The maximum Gasteiger partial charge on any atom is 0.141 e. The number of halogens is 2. The van der Waals surface area contributed by atoms with Gasteiger partial charge >= 0.3 is 0 Å². The second-order valence-electron chi connectivity index (χ2n) is 3.60. The average Bonchev–Trinajstić information content (AvgIpc) is 2.05. The van der Waals surface area contributed by atoms with Gasteiger partial charge in [0.1, 0.15) is 5.82 Å². The van der Waals surface area contributed by atoms with Crippen molar-refractivity contribution in [1.82, 2.24) is 0 Å². The SMILES string of the molecule is NC1CC(c2ccc(F)c(Cl)c2)C1. The van der Waals surface area contributed by atoms with Crippen LogP contribution in [-0.2, 0) is 0 Å². The third-order valence-electron chi connectivity index (χ3n) is 2.59. The molecule has 0 spiro atoms. The maximum atomic E-state index is 12.8. The topological polar surface area (TPSA) is 26.0 Å². The third kappa shape index (κ3) is 1.69. The van der Waals surface area contributed by atoms with E-state index in [0.717, 1.165) is 18.4 Å². The lowest BCUT2D eigenvalue weighted by molar-refractivity contribution is 0.351. The van der Waals surface area contributed by atoms with E-state index < -0.39 is 0 Å². The minimum absolute atomic E-state index is 0.206. The van der Waals surface area contributed by atoms with Crippen LogP contribution in [0, 0.1) is 5.82 Å². The number of benzene rings is 1. The van der Waals surface area contributed by atoms with E-state index in [2.05, 4.69) is 0 Å². The molecule has 0 amide bonds. The molecule has 0 unspecified atom stereocenters. The molecule has 0 bridgehead atoms. The van der Waals surface area contributed by atoms with E-state index in [1.165, 1.54) is 6.07 Å². The maximum absolute atomic E-state index is 12.8. The van der Waals surface area contributed by atoms with Gasteiger partial charge in [-0.15, -0.1) is 0 Å². The summed E-state index contributed by atoms with van der Waals surface area (Å²) in [5.74, 6) is 0.127. The minimum atomic E-state index is -0.353. The van der Waals surface area contributed by atoms with E-state index >= 15 is 0 Å². The first-order valence-electron chi connectivity index (χ1n) is 4.37. The molecule has 1 fully saturated rings. The summed E-state index contributed by atoms with van der Waals surface area (Å²) in [5, 5.41) is 0.206. The number of rotatable bonds is 1. The van der Waals surface area contributed by atoms with Crippen molar-refractivity contribution in [3.63, 3.8) is 0 Å². The van der Waals surface area contributed by atoms with Gasteiger partial charge in [0.05, 0.1) is 5.02 Å². The molecular formula is C10H11ClFN. The third-order valence-corrected chi connectivity index (χ3v) is 2.88. The van der Waals surface area contributed by atoms with Crippen molar-refractivity contribution in [2.24, 2.45) is 5.73 Å². The number of hydrogen-bond acceptors (Lipinski definition) is 1. The number of hydrogen-bond donors (Lipinski definition) is 1. The van der Waals surface area contributed by atoms with E-state index in [1.54, 1.807) is 12.1 Å². The summed E-state index contributed by atoms with van der Waals surface area (Å²) in [6.45, 7) is 0. The normalized spacial score (nSPS) is 27.0. The second-order valence-corrected chi connectivity index (χ2v) is 4.01. The molecule has 0 atom stereocenters. The molecule has 1 aliphatic rings. The molecule has 0 saturated heterocycles. The zero-order chi connectivity index (χ0) is 9.42. The van der Waals surface area contributed by atoms with E-state index in [0.29, 0.717) is 12.0 Å². The monoisotopic (exact) mass is 199 g/mol. The van der Waals surface area contributed by atoms with Crippen LogP contribution < -0.4 is 5.73 Å². The largest absolute Gasteiger partial charge is 0.328 e. The molecule has 2 N–H and O–H groups in total. The van der Waals surface area contributed by atoms with Crippen molar-refractivity contribution < 1.29 is 4.39 Å². The summed E-state index contributed by atoms with van der Waals surface area (Å²) in [4.78, 5) is 0. The van der Waals surface area contributed by atoms with Crippen LogP contribution in [0.2, 0.25) is 5.02 Å². The van der Waals surface area contributed by atoms with Crippen LogP contribution in [0.3, 0.4) is 0 Å². The highest BCUT2D eigenvalue weighted by Gasteiger charge is 2.27. The summed E-state index contributed by atoms with van der Waals surface area (Å²) in [6, 6.07) is 5.22. The molecule has 2 rings (SSSR count). The highest BCUT2D eigenvalue weighted by Crippen LogP contribution is 2.36. The van der Waals surface area contributed by atoms with Gasteiger partial charge in [-0.1, -0.05) is 17.7 Å². The molecule has 1 saturated carbocycles. The van der Waals surface area contributed by atoms with Gasteiger partial charge in [-0.3, -0.25) is 0 Å². The number of nitrogens with two attached hydrogens (primary N) is 1. The smallest absolute Gasteiger partial charge is 0.141 e. The predicted molar refractivity (Wildman–Crippen MR) is 51.4 cm³/mol. The van der Waals surface area contributed by atoms with Gasteiger partial charge in [-0.05, 0) is 36.5 Å². The Morgan fingerprint density at radius 2 is 2.08 bits per heavy atom. The van der Waals surface area contributed by atoms with Crippen molar-refractivity contribution >= 4 is 11.6 Å². The summed E-state index contributed by atoms with van der Waals surface area (Å²) in [7, 11) is 0. The van der Waals surface area contributed by atoms with Gasteiger partial charge in [0, 0.05) is 6.04 Å². The van der Waals surface area contributed by atoms with Crippen LogP contribution in [0.15, 0.2) is 18.2 Å². The van der Waals surface area contributed by atoms with Gasteiger partial charge in [0.2, 0.25) is 0 Å². The fourth-order valence-corrected chi connectivity index (χ4v) is 1.89. The van der Waals surface area contributed by atoms with Gasteiger partial charge in [-0.2, -0.15) is 0 Å². The highest BCUT2D eigenvalue weighted by molar-refractivity contribution is 6.30. The van der Waals surface area contributed by atoms with Crippen molar-refractivity contribution in [3.05, 3.63) is 34.6 Å². The summed E-state index contributed by atoms with van der Waals surface area (Å²) in [5.41, 5.74) is 6.77. The van der Waals surface area contributed by atoms with Crippen LogP contribution in [0.1, 0.15) is 24.3 Å². The summed E-state index contributed by atoms with van der Waals surface area (Å²) in [6.07, 6.45) is 1.98. The predicted octanol–water partition coefficient (Wildman–Crippen LogP) is 2.68. The molecule has 70 valence electrons. The first-order valence-corrected chi connectivity index (χ1v) is 4.75. The Morgan fingerprint density at radius 3 is 2.62 bits per heavy atom. The van der Waals surface area contributed by atoms with Crippen molar-refractivity contribution in [1.29, 1.82) is 0 Å². The Hall–Kier alpha value is -0.600. The highest BCUT2D eigenvalue weighted by atomic mass is 35.5. The Morgan fingerprint density at radius 1 is 1.38 bits per heavy atom. The van der Waals surface area contributed by atoms with Crippen LogP contribution in [0.4, 0.5) is 4.39 Å². The first kappa shape index (κ1) is 8.97. The van der Waals surface area contributed by atoms with Crippen molar-refractivity contribution in [2.45, 2.75) is 24.8 Å². The molecule has 0 heterocycles. The zero-order valence-corrected chi connectivity index (χ0v) is 7.89. The van der Waals surface area contributed by atoms with Crippen LogP contribution in [0.5, 0.6) is 0 Å². The van der Waals surface area contributed by atoms with Crippen molar-refractivity contribution in [3.8, 4) is 0 Å². The summed E-state index contributed by atoms with van der Waals surface area (Å²) < 4.78 is 12.8. The first-order chi connectivity index (χ1) is 6.16. The molecule has 3 heteroatoms. The van der Waals surface area contributed by atoms with Gasteiger partial charge in [0.25, 0.3) is 0 Å². The molecular weight excluding hydrogens is 189 g/mol. The quantitative estimate of drug-likeness (QED) is 0.740. The van der Waals surface area contributed by atoms with Gasteiger partial charge < -0.3 is 5.73 Å². The molecule has 0 radical (unpaired) electrons. The van der Waals surface area contributed by atoms with E-state index in [1.807, 2.05) is 0 Å². The molecule has 1 aromatic carbocycles. The van der Waals surface area contributed by atoms with E-state index in [4.69, 9.17) is 17.3 Å². The lowest BCUT2D eigenvalue weighted by Gasteiger charge is -2.32. The second kappa shape index (κ2) is 3.28. The standard InChI is InChI=1S/C10H11ClFN/c11-9-5-6(1-2-10(9)12)7-3-8(13)4-7/h1-2,5,7-8H,3-4,13H2. The Labute approximate surface area is 81.7 Å². The molecule has 13 heavy (non-hydrogen) atoms. The van der Waals surface area contributed by atoms with Crippen molar-refractivity contribution in [2.75, 3.05) is 0 Å². The Bertz CT molecular complexity index is 321. The van der Waals surface area contributed by atoms with Gasteiger partial charge in [0.15, 0.2) is 0 Å². The summed E-state index contributed by atoms with van der Waals surface area (Å²) >= 11 is 5.67. The Balaban J connectivity index is 2.18. The lowest BCUT2D eigenvalue weighted by Crippen LogP contribution is -2.34. The lowest BCUT2D eigenvalue weighted by atomic mass is 9.76. The molecule has 1 nitrogen and oxygen atoms in total. The molecule has 1 aliphatic carbocycles. The molecule has 1 aromatic rings. The minimum Gasteiger partial charge on any atom is -0.328 e.